The highest BCUT2D eigenvalue weighted by molar-refractivity contribution is 7.90. The molecule has 0 heterocycles. The summed E-state index contributed by atoms with van der Waals surface area (Å²) in [4.78, 5) is 23.2. The molecular weight excluding hydrogens is 306 g/mol. The van der Waals surface area contributed by atoms with E-state index in [2.05, 4.69) is 5.32 Å². The predicted octanol–water partition coefficient (Wildman–Crippen LogP) is 1.38. The van der Waals surface area contributed by atoms with Crippen molar-refractivity contribution in [1.82, 2.24) is 5.32 Å². The third-order valence-corrected chi connectivity index (χ3v) is 5.22. The van der Waals surface area contributed by atoms with Crippen LogP contribution in [0.15, 0.2) is 29.2 Å². The molecule has 1 aliphatic carbocycles. The lowest BCUT2D eigenvalue weighted by Gasteiger charge is -2.33. The van der Waals surface area contributed by atoms with Gasteiger partial charge in [-0.2, -0.15) is 0 Å². The zero-order valence-electron chi connectivity index (χ0n) is 12.4. The van der Waals surface area contributed by atoms with Gasteiger partial charge in [0.2, 0.25) is 5.91 Å². The van der Waals surface area contributed by atoms with Gasteiger partial charge in [0.15, 0.2) is 9.84 Å². The topological polar surface area (TPSA) is 101 Å². The number of sulfone groups is 1. The lowest BCUT2D eigenvalue weighted by atomic mass is 9.73. The Kier molecular flexibility index (Phi) is 4.55. The maximum Gasteiger partial charge on any atom is 0.307 e. The molecule has 6 nitrogen and oxygen atoms in total. The minimum atomic E-state index is -3.25. The molecule has 1 aromatic carbocycles. The Bertz CT molecular complexity index is 680. The number of carbonyl (C=O) groups is 2. The molecule has 3 unspecified atom stereocenters. The number of carboxylic acid groups (broad SMARTS) is 1. The number of benzene rings is 1. The first-order chi connectivity index (χ1) is 10.2. The summed E-state index contributed by atoms with van der Waals surface area (Å²) in [6.45, 7) is 1.78. The average Bonchev–Trinajstić information content (AvgIpc) is 2.35. The first-order valence-electron chi connectivity index (χ1n) is 7.03. The zero-order valence-corrected chi connectivity index (χ0v) is 13.3. The molecule has 3 atom stereocenters. The standard InChI is InChI=1S/C15H19NO5S/c1-9(10-3-5-11(6-4-10)22(2,20)21)16-14(17)12-7-8-13(12)15(18)19/h3-6,9,12-13H,7-8H2,1-2H3,(H,16,17)(H,18,19). The van der Waals surface area contributed by atoms with E-state index >= 15 is 0 Å². The van der Waals surface area contributed by atoms with Crippen LogP contribution in [0.5, 0.6) is 0 Å². The van der Waals surface area contributed by atoms with Gasteiger partial charge < -0.3 is 10.4 Å². The van der Waals surface area contributed by atoms with Crippen molar-refractivity contribution in [3.8, 4) is 0 Å². The number of nitrogens with one attached hydrogen (secondary N) is 1. The van der Waals surface area contributed by atoms with E-state index in [1.54, 1.807) is 19.1 Å². The maximum absolute atomic E-state index is 12.1. The van der Waals surface area contributed by atoms with Crippen molar-refractivity contribution in [2.45, 2.75) is 30.7 Å². The Labute approximate surface area is 129 Å². The Morgan fingerprint density at radius 3 is 2.14 bits per heavy atom. The van der Waals surface area contributed by atoms with Gasteiger partial charge in [-0.1, -0.05) is 12.1 Å². The van der Waals surface area contributed by atoms with Crippen LogP contribution in [0.1, 0.15) is 31.4 Å². The second kappa shape index (κ2) is 6.08. The number of hydrogen-bond donors (Lipinski definition) is 2. The number of amides is 1. The molecule has 120 valence electrons. The third kappa shape index (κ3) is 3.47. The summed E-state index contributed by atoms with van der Waals surface area (Å²) in [5.74, 6) is -2.27. The van der Waals surface area contributed by atoms with Crippen molar-refractivity contribution in [3.63, 3.8) is 0 Å². The average molecular weight is 325 g/mol. The molecule has 0 bridgehead atoms. The molecule has 7 heteroatoms. The SMILES string of the molecule is CC(NC(=O)C1CCC1C(=O)O)c1ccc(S(C)(=O)=O)cc1. The number of rotatable bonds is 5. The summed E-state index contributed by atoms with van der Waals surface area (Å²) in [6, 6.07) is 5.98. The highest BCUT2D eigenvalue weighted by Crippen LogP contribution is 2.35. The molecule has 22 heavy (non-hydrogen) atoms. The van der Waals surface area contributed by atoms with Crippen LogP contribution >= 0.6 is 0 Å². The van der Waals surface area contributed by atoms with Crippen molar-refractivity contribution in [1.29, 1.82) is 0 Å². The quantitative estimate of drug-likeness (QED) is 0.852. The van der Waals surface area contributed by atoms with Crippen molar-refractivity contribution in [3.05, 3.63) is 29.8 Å². The van der Waals surface area contributed by atoms with Gasteiger partial charge in [-0.25, -0.2) is 8.42 Å². The minimum Gasteiger partial charge on any atom is -0.481 e. The van der Waals surface area contributed by atoms with Crippen molar-refractivity contribution in [2.24, 2.45) is 11.8 Å². The molecule has 1 fully saturated rings. The second-order valence-electron chi connectivity index (χ2n) is 5.70. The molecule has 0 spiro atoms. The molecule has 0 saturated heterocycles. The molecule has 0 radical (unpaired) electrons. The number of aliphatic carboxylic acids is 1. The summed E-state index contributed by atoms with van der Waals surface area (Å²) in [6.07, 6.45) is 2.25. The van der Waals surface area contributed by atoms with Crippen LogP contribution in [-0.2, 0) is 19.4 Å². The molecule has 1 saturated carbocycles. The van der Waals surface area contributed by atoms with Gasteiger partial charge in [-0.3, -0.25) is 9.59 Å². The van der Waals surface area contributed by atoms with Crippen LogP contribution in [0, 0.1) is 11.8 Å². The zero-order chi connectivity index (χ0) is 16.5. The molecule has 0 aliphatic heterocycles. The highest BCUT2D eigenvalue weighted by atomic mass is 32.2. The number of carboxylic acids is 1. The van der Waals surface area contributed by atoms with E-state index in [-0.39, 0.29) is 16.8 Å². The summed E-state index contributed by atoms with van der Waals surface area (Å²) < 4.78 is 22.8. The van der Waals surface area contributed by atoms with Crippen LogP contribution in [0.4, 0.5) is 0 Å². The predicted molar refractivity (Wildman–Crippen MR) is 80.0 cm³/mol. The van der Waals surface area contributed by atoms with E-state index in [1.165, 1.54) is 12.1 Å². The van der Waals surface area contributed by atoms with Gasteiger partial charge in [0.25, 0.3) is 0 Å². The summed E-state index contributed by atoms with van der Waals surface area (Å²) in [5, 5.41) is 11.8. The Morgan fingerprint density at radius 2 is 1.73 bits per heavy atom. The summed E-state index contributed by atoms with van der Waals surface area (Å²) in [7, 11) is -3.25. The fourth-order valence-corrected chi connectivity index (χ4v) is 3.15. The lowest BCUT2D eigenvalue weighted by Crippen LogP contribution is -2.44. The first kappa shape index (κ1) is 16.5. The van der Waals surface area contributed by atoms with Crippen LogP contribution < -0.4 is 5.32 Å². The maximum atomic E-state index is 12.1. The molecule has 2 rings (SSSR count). The van der Waals surface area contributed by atoms with Crippen molar-refractivity contribution >= 4 is 21.7 Å². The monoisotopic (exact) mass is 325 g/mol. The minimum absolute atomic E-state index is 0.222. The second-order valence-corrected chi connectivity index (χ2v) is 7.72. The summed E-state index contributed by atoms with van der Waals surface area (Å²) in [5.41, 5.74) is 0.770. The van der Waals surface area contributed by atoms with Crippen molar-refractivity contribution in [2.75, 3.05) is 6.26 Å². The van der Waals surface area contributed by atoms with Crippen LogP contribution in [0.2, 0.25) is 0 Å². The van der Waals surface area contributed by atoms with E-state index in [9.17, 15) is 18.0 Å². The van der Waals surface area contributed by atoms with Crippen LogP contribution in [0.3, 0.4) is 0 Å². The number of carbonyl (C=O) groups excluding carboxylic acids is 1. The van der Waals surface area contributed by atoms with Gasteiger partial charge in [-0.15, -0.1) is 0 Å². The van der Waals surface area contributed by atoms with E-state index in [4.69, 9.17) is 5.11 Å². The summed E-state index contributed by atoms with van der Waals surface area (Å²) >= 11 is 0. The smallest absolute Gasteiger partial charge is 0.307 e. The molecular formula is C15H19NO5S. The van der Waals surface area contributed by atoms with Gasteiger partial charge in [0.1, 0.15) is 0 Å². The molecule has 1 amide bonds. The Balaban J connectivity index is 2.02. The molecule has 2 N–H and O–H groups in total. The van der Waals surface area contributed by atoms with Crippen LogP contribution in [-0.4, -0.2) is 31.7 Å². The Morgan fingerprint density at radius 1 is 1.18 bits per heavy atom. The van der Waals surface area contributed by atoms with Crippen molar-refractivity contribution < 1.29 is 23.1 Å². The molecule has 1 aromatic rings. The normalized spacial score (nSPS) is 22.5. The van der Waals surface area contributed by atoms with Gasteiger partial charge >= 0.3 is 5.97 Å². The largest absolute Gasteiger partial charge is 0.481 e. The fourth-order valence-electron chi connectivity index (χ4n) is 2.52. The van der Waals surface area contributed by atoms with Crippen LogP contribution in [0.25, 0.3) is 0 Å². The third-order valence-electron chi connectivity index (χ3n) is 4.10. The first-order valence-corrected chi connectivity index (χ1v) is 8.92. The highest BCUT2D eigenvalue weighted by Gasteiger charge is 2.41. The lowest BCUT2D eigenvalue weighted by molar-refractivity contribution is -0.152. The van der Waals surface area contributed by atoms with E-state index < -0.39 is 27.6 Å². The molecule has 0 aromatic heterocycles. The Hall–Kier alpha value is -1.89. The van der Waals surface area contributed by atoms with Gasteiger partial charge in [-0.05, 0) is 37.5 Å². The van der Waals surface area contributed by atoms with Gasteiger partial charge in [0, 0.05) is 6.26 Å². The van der Waals surface area contributed by atoms with E-state index in [0.717, 1.165) is 11.8 Å². The fraction of sp³-hybridized carbons (Fsp3) is 0.467. The molecule has 1 aliphatic rings. The number of hydrogen-bond acceptors (Lipinski definition) is 4. The van der Waals surface area contributed by atoms with E-state index in [0.29, 0.717) is 12.8 Å². The van der Waals surface area contributed by atoms with E-state index in [1.807, 2.05) is 0 Å². The van der Waals surface area contributed by atoms with Gasteiger partial charge in [0.05, 0.1) is 22.8 Å².